The summed E-state index contributed by atoms with van der Waals surface area (Å²) in [5.74, 6) is 0.583. The number of carbonyl (C=O) groups is 1. The summed E-state index contributed by atoms with van der Waals surface area (Å²) in [5.41, 5.74) is 0.236. The Morgan fingerprint density at radius 2 is 2.15 bits per heavy atom. The van der Waals surface area contributed by atoms with Gasteiger partial charge in [-0.05, 0) is 49.9 Å². The first-order valence-electron chi connectivity index (χ1n) is 8.56. The van der Waals surface area contributed by atoms with Gasteiger partial charge in [0, 0.05) is 23.7 Å². The van der Waals surface area contributed by atoms with Gasteiger partial charge in [-0.25, -0.2) is 0 Å². The molecule has 4 rings (SSSR count). The van der Waals surface area contributed by atoms with Crippen molar-refractivity contribution < 1.29 is 14.4 Å². The lowest BCUT2D eigenvalue weighted by Gasteiger charge is -2.25. The van der Waals surface area contributed by atoms with Crippen molar-refractivity contribution in [3.63, 3.8) is 0 Å². The lowest BCUT2D eigenvalue weighted by Crippen LogP contribution is -2.36. The van der Waals surface area contributed by atoms with Crippen LogP contribution in [0.25, 0.3) is 11.4 Å². The van der Waals surface area contributed by atoms with Crippen LogP contribution in [0.15, 0.2) is 28.8 Å². The number of nitrogens with zero attached hydrogens (tertiary/aromatic N) is 3. The number of hydrogen-bond donors (Lipinski definition) is 1. The number of fused-ring (bicyclic) bond motifs is 1. The number of likely N-dealkylation sites (tertiary alicyclic amines) is 1. The smallest absolute Gasteiger partial charge is 0.311 e. The van der Waals surface area contributed by atoms with E-state index in [2.05, 4.69) is 15.0 Å². The molecule has 0 spiro atoms. The summed E-state index contributed by atoms with van der Waals surface area (Å²) in [5, 5.41) is 14.4. The Kier molecular flexibility index (Phi) is 5.28. The monoisotopic (exact) mass is 397 g/mol. The minimum Gasteiger partial charge on any atom is -0.481 e. The summed E-state index contributed by atoms with van der Waals surface area (Å²) in [6.07, 6.45) is 2.74. The Labute approximate surface area is 162 Å². The molecule has 2 heterocycles. The van der Waals surface area contributed by atoms with Crippen LogP contribution in [-0.2, 0) is 4.79 Å². The quantitative estimate of drug-likeness (QED) is 0.837. The number of carboxylic acids is 1. The Morgan fingerprint density at radius 3 is 2.81 bits per heavy atom. The second-order valence-electron chi connectivity index (χ2n) is 7.12. The van der Waals surface area contributed by atoms with Gasteiger partial charge in [0.25, 0.3) is 0 Å². The second kappa shape index (κ2) is 7.18. The Hall–Kier alpha value is -1.63. The number of aromatic nitrogens is 2. The molecule has 1 aromatic heterocycles. The largest absolute Gasteiger partial charge is 0.481 e. The van der Waals surface area contributed by atoms with Crippen LogP contribution in [-0.4, -0.2) is 39.2 Å². The van der Waals surface area contributed by atoms with E-state index in [0.717, 1.165) is 31.4 Å². The van der Waals surface area contributed by atoms with Crippen molar-refractivity contribution in [3.05, 3.63) is 35.2 Å². The number of carboxylic acid groups (broad SMARTS) is 1. The van der Waals surface area contributed by atoms with Gasteiger partial charge in [0.1, 0.15) is 0 Å². The number of hydrogen-bond acceptors (Lipinski definition) is 5. The second-order valence-corrected chi connectivity index (χ2v) is 7.56. The molecule has 140 valence electrons. The predicted octanol–water partition coefficient (Wildman–Crippen LogP) is 4.06. The third kappa shape index (κ3) is 3.10. The summed E-state index contributed by atoms with van der Waals surface area (Å²) in [6, 6.07) is 7.17. The molecule has 0 radical (unpaired) electrons. The molecule has 26 heavy (non-hydrogen) atoms. The third-order valence-electron chi connectivity index (χ3n) is 5.77. The van der Waals surface area contributed by atoms with Crippen molar-refractivity contribution in [1.29, 1.82) is 0 Å². The summed E-state index contributed by atoms with van der Waals surface area (Å²) in [4.78, 5) is 18.5. The molecular weight excluding hydrogens is 377 g/mol. The molecule has 1 aliphatic heterocycles. The van der Waals surface area contributed by atoms with E-state index in [-0.39, 0.29) is 24.4 Å². The van der Waals surface area contributed by atoms with Crippen molar-refractivity contribution >= 4 is 30.0 Å². The highest BCUT2D eigenvalue weighted by molar-refractivity contribution is 6.30. The molecule has 1 aliphatic carbocycles. The van der Waals surface area contributed by atoms with Gasteiger partial charge in [0.2, 0.25) is 11.7 Å². The first kappa shape index (κ1) is 19.1. The molecule has 1 aromatic carbocycles. The molecular formula is C18H21Cl2N3O3. The van der Waals surface area contributed by atoms with E-state index in [1.165, 1.54) is 0 Å². The minimum atomic E-state index is -0.669. The van der Waals surface area contributed by atoms with Crippen LogP contribution in [0.5, 0.6) is 0 Å². The average molecular weight is 398 g/mol. The van der Waals surface area contributed by atoms with Crippen LogP contribution >= 0.6 is 24.0 Å². The third-order valence-corrected chi connectivity index (χ3v) is 6.02. The zero-order chi connectivity index (χ0) is 17.6. The lowest BCUT2D eigenvalue weighted by molar-refractivity contribution is -0.149. The normalized spacial score (nSPS) is 26.3. The van der Waals surface area contributed by atoms with Gasteiger partial charge in [-0.1, -0.05) is 23.2 Å². The fourth-order valence-electron chi connectivity index (χ4n) is 4.25. The number of halogens is 2. The molecule has 6 nitrogen and oxygen atoms in total. The van der Waals surface area contributed by atoms with Crippen LogP contribution in [0.3, 0.4) is 0 Å². The van der Waals surface area contributed by atoms with Gasteiger partial charge in [-0.3, -0.25) is 9.69 Å². The number of aliphatic carboxylic acids is 1. The Bertz CT molecular complexity index is 795. The topological polar surface area (TPSA) is 79.5 Å². The molecule has 1 N–H and O–H groups in total. The highest BCUT2D eigenvalue weighted by Gasteiger charge is 2.55. The van der Waals surface area contributed by atoms with Crippen molar-refractivity contribution in [1.82, 2.24) is 15.0 Å². The van der Waals surface area contributed by atoms with Crippen molar-refractivity contribution in [2.75, 3.05) is 13.1 Å². The van der Waals surface area contributed by atoms with Crippen molar-refractivity contribution in [2.45, 2.75) is 32.2 Å². The maximum atomic E-state index is 11.8. The molecule has 0 bridgehead atoms. The standard InChI is InChI=1S/C18H20ClN3O3.ClH/c1-11(22-9-13-3-2-8-18(13,10-22)17(23)24)16-20-15(21-25-16)12-4-6-14(19)7-5-12;/h4-7,11,13H,2-3,8-10H2,1H3,(H,23,24);1H/t11?,13-,18+;/m0./s1. The van der Waals surface area contributed by atoms with Gasteiger partial charge in [0.05, 0.1) is 11.5 Å². The van der Waals surface area contributed by atoms with E-state index in [4.69, 9.17) is 16.1 Å². The van der Waals surface area contributed by atoms with Gasteiger partial charge in [-0.2, -0.15) is 4.98 Å². The first-order valence-corrected chi connectivity index (χ1v) is 8.94. The summed E-state index contributed by atoms with van der Waals surface area (Å²) >= 11 is 5.91. The van der Waals surface area contributed by atoms with E-state index in [0.29, 0.717) is 23.3 Å². The molecule has 2 aromatic rings. The van der Waals surface area contributed by atoms with E-state index in [1.54, 1.807) is 12.1 Å². The molecule has 1 saturated heterocycles. The highest BCUT2D eigenvalue weighted by Crippen LogP contribution is 2.50. The van der Waals surface area contributed by atoms with E-state index < -0.39 is 11.4 Å². The molecule has 1 saturated carbocycles. The predicted molar refractivity (Wildman–Crippen MR) is 99.4 cm³/mol. The van der Waals surface area contributed by atoms with E-state index in [9.17, 15) is 9.90 Å². The van der Waals surface area contributed by atoms with Crippen LogP contribution in [0, 0.1) is 11.3 Å². The molecule has 3 atom stereocenters. The van der Waals surface area contributed by atoms with Gasteiger partial charge < -0.3 is 9.63 Å². The Balaban J connectivity index is 0.00000196. The van der Waals surface area contributed by atoms with Crippen LogP contribution < -0.4 is 0 Å². The maximum Gasteiger partial charge on any atom is 0.311 e. The highest BCUT2D eigenvalue weighted by atomic mass is 35.5. The van der Waals surface area contributed by atoms with Gasteiger partial charge in [0.15, 0.2) is 0 Å². The first-order chi connectivity index (χ1) is 12.0. The average Bonchev–Trinajstić information content (AvgIpc) is 3.29. The maximum absolute atomic E-state index is 11.8. The summed E-state index contributed by atoms with van der Waals surface area (Å²) in [6.45, 7) is 3.31. The lowest BCUT2D eigenvalue weighted by atomic mass is 9.81. The van der Waals surface area contributed by atoms with Gasteiger partial charge >= 0.3 is 5.97 Å². The molecule has 8 heteroatoms. The number of benzene rings is 1. The van der Waals surface area contributed by atoms with Crippen molar-refractivity contribution in [2.24, 2.45) is 11.3 Å². The molecule has 2 fully saturated rings. The van der Waals surface area contributed by atoms with Crippen molar-refractivity contribution in [3.8, 4) is 11.4 Å². The zero-order valence-corrected chi connectivity index (χ0v) is 16.0. The molecule has 2 aliphatic rings. The van der Waals surface area contributed by atoms with E-state index in [1.807, 2.05) is 19.1 Å². The Morgan fingerprint density at radius 1 is 1.42 bits per heavy atom. The molecule has 1 unspecified atom stereocenters. The number of rotatable bonds is 4. The minimum absolute atomic E-state index is 0. The van der Waals surface area contributed by atoms with Crippen LogP contribution in [0.4, 0.5) is 0 Å². The van der Waals surface area contributed by atoms with Crippen LogP contribution in [0.2, 0.25) is 5.02 Å². The molecule has 0 amide bonds. The summed E-state index contributed by atoms with van der Waals surface area (Å²) < 4.78 is 5.46. The van der Waals surface area contributed by atoms with Crippen LogP contribution in [0.1, 0.15) is 38.1 Å². The SMILES string of the molecule is CC(c1nc(-c2ccc(Cl)cc2)no1)N1C[C@@H]2CCC[C@@]2(C(=O)O)C1.Cl. The van der Waals surface area contributed by atoms with E-state index >= 15 is 0 Å². The zero-order valence-electron chi connectivity index (χ0n) is 14.4. The fourth-order valence-corrected chi connectivity index (χ4v) is 4.38. The fraction of sp³-hybridized carbons (Fsp3) is 0.500. The summed E-state index contributed by atoms with van der Waals surface area (Å²) in [7, 11) is 0. The van der Waals surface area contributed by atoms with Gasteiger partial charge in [-0.15, -0.1) is 12.4 Å².